The van der Waals surface area contributed by atoms with Gasteiger partial charge in [-0.1, -0.05) is 6.07 Å². The van der Waals surface area contributed by atoms with Crippen molar-refractivity contribution >= 4 is 17.6 Å². The number of thioether (sulfide) groups is 1. The van der Waals surface area contributed by atoms with Crippen molar-refractivity contribution < 1.29 is 0 Å². The molecule has 1 aromatic rings. The summed E-state index contributed by atoms with van der Waals surface area (Å²) < 4.78 is 0. The molecule has 0 spiro atoms. The molecule has 3 N–H and O–H groups in total. The number of nitrogens with two attached hydrogens (primary N) is 1. The zero-order valence-corrected chi connectivity index (χ0v) is 10.2. The van der Waals surface area contributed by atoms with Gasteiger partial charge in [0.2, 0.25) is 0 Å². The SMILES string of the molecule is Cc1ccc(SCCCC(=N)N)cc1C. The van der Waals surface area contributed by atoms with Crippen molar-refractivity contribution in [3.8, 4) is 0 Å². The third kappa shape index (κ3) is 4.38. The van der Waals surface area contributed by atoms with Crippen LogP contribution in [0.3, 0.4) is 0 Å². The maximum Gasteiger partial charge on any atom is 0.0905 e. The van der Waals surface area contributed by atoms with Gasteiger partial charge >= 0.3 is 0 Å². The molecule has 0 fully saturated rings. The lowest BCUT2D eigenvalue weighted by molar-refractivity contribution is 0.988. The molecule has 0 amide bonds. The number of amidine groups is 1. The molecule has 0 aliphatic carbocycles. The lowest BCUT2D eigenvalue weighted by Gasteiger charge is -2.04. The Labute approximate surface area is 95.8 Å². The van der Waals surface area contributed by atoms with Gasteiger partial charge in [-0.25, -0.2) is 0 Å². The lowest BCUT2D eigenvalue weighted by atomic mass is 10.1. The molecule has 0 atom stereocenters. The second-order valence-electron chi connectivity index (χ2n) is 3.72. The Morgan fingerprint density at radius 3 is 2.67 bits per heavy atom. The van der Waals surface area contributed by atoms with E-state index in [1.54, 1.807) is 0 Å². The van der Waals surface area contributed by atoms with E-state index in [4.69, 9.17) is 11.1 Å². The van der Waals surface area contributed by atoms with Crippen molar-refractivity contribution in [3.05, 3.63) is 29.3 Å². The Morgan fingerprint density at radius 1 is 1.33 bits per heavy atom. The monoisotopic (exact) mass is 222 g/mol. The van der Waals surface area contributed by atoms with Crippen LogP contribution >= 0.6 is 11.8 Å². The minimum absolute atomic E-state index is 0.288. The van der Waals surface area contributed by atoms with E-state index in [1.807, 2.05) is 11.8 Å². The van der Waals surface area contributed by atoms with Crippen LogP contribution in [-0.4, -0.2) is 11.6 Å². The van der Waals surface area contributed by atoms with Crippen LogP contribution in [0.1, 0.15) is 24.0 Å². The van der Waals surface area contributed by atoms with E-state index in [0.29, 0.717) is 6.42 Å². The standard InChI is InChI=1S/C12H18N2S/c1-9-5-6-11(8-10(9)2)15-7-3-4-12(13)14/h5-6,8H,3-4,7H2,1-2H3,(H3,13,14). The summed E-state index contributed by atoms with van der Waals surface area (Å²) in [6.45, 7) is 4.26. The molecule has 1 rings (SSSR count). The molecule has 0 aromatic heterocycles. The second-order valence-corrected chi connectivity index (χ2v) is 4.89. The highest BCUT2D eigenvalue weighted by atomic mass is 32.2. The number of rotatable bonds is 5. The largest absolute Gasteiger partial charge is 0.388 e. The Kier molecular flexibility index (Phi) is 4.69. The fraction of sp³-hybridized carbons (Fsp3) is 0.417. The Hall–Kier alpha value is -0.960. The predicted octanol–water partition coefficient (Wildman–Crippen LogP) is 3.11. The van der Waals surface area contributed by atoms with Gasteiger partial charge in [0.15, 0.2) is 0 Å². The van der Waals surface area contributed by atoms with Gasteiger partial charge in [-0.3, -0.25) is 5.41 Å². The third-order valence-corrected chi connectivity index (χ3v) is 3.42. The molecule has 0 aliphatic rings. The van der Waals surface area contributed by atoms with Crippen LogP contribution < -0.4 is 5.73 Å². The summed E-state index contributed by atoms with van der Waals surface area (Å²) in [6, 6.07) is 6.52. The average molecular weight is 222 g/mol. The molecule has 0 unspecified atom stereocenters. The van der Waals surface area contributed by atoms with Crippen molar-refractivity contribution in [1.82, 2.24) is 0 Å². The Balaban J connectivity index is 2.38. The molecule has 0 saturated carbocycles. The summed E-state index contributed by atoms with van der Waals surface area (Å²) in [5.41, 5.74) is 7.97. The molecule has 82 valence electrons. The summed E-state index contributed by atoms with van der Waals surface area (Å²) in [6.07, 6.45) is 1.69. The maximum atomic E-state index is 7.11. The fourth-order valence-electron chi connectivity index (χ4n) is 1.26. The van der Waals surface area contributed by atoms with Gasteiger partial charge < -0.3 is 5.73 Å². The summed E-state index contributed by atoms with van der Waals surface area (Å²) in [5, 5.41) is 7.11. The molecular weight excluding hydrogens is 204 g/mol. The van der Waals surface area contributed by atoms with Gasteiger partial charge in [-0.2, -0.15) is 0 Å². The van der Waals surface area contributed by atoms with Crippen molar-refractivity contribution in [1.29, 1.82) is 5.41 Å². The Morgan fingerprint density at radius 2 is 2.07 bits per heavy atom. The first kappa shape index (κ1) is 12.1. The van der Waals surface area contributed by atoms with Crippen molar-refractivity contribution in [3.63, 3.8) is 0 Å². The average Bonchev–Trinajstić information content (AvgIpc) is 2.18. The molecular formula is C12H18N2S. The fourth-order valence-corrected chi connectivity index (χ4v) is 2.21. The van der Waals surface area contributed by atoms with Crippen LogP contribution in [0, 0.1) is 19.3 Å². The zero-order valence-electron chi connectivity index (χ0n) is 9.34. The topological polar surface area (TPSA) is 49.9 Å². The molecule has 0 bridgehead atoms. The first-order valence-corrected chi connectivity index (χ1v) is 6.11. The van der Waals surface area contributed by atoms with E-state index in [2.05, 4.69) is 32.0 Å². The van der Waals surface area contributed by atoms with Crippen LogP contribution in [0.15, 0.2) is 23.1 Å². The number of hydrogen-bond acceptors (Lipinski definition) is 2. The lowest BCUT2D eigenvalue weighted by Crippen LogP contribution is -2.08. The highest BCUT2D eigenvalue weighted by Gasteiger charge is 1.97. The molecule has 0 saturated heterocycles. The minimum Gasteiger partial charge on any atom is -0.388 e. The maximum absolute atomic E-state index is 7.11. The smallest absolute Gasteiger partial charge is 0.0905 e. The minimum atomic E-state index is 0.288. The van der Waals surface area contributed by atoms with Gasteiger partial charge in [0, 0.05) is 11.3 Å². The van der Waals surface area contributed by atoms with Gasteiger partial charge in [0.05, 0.1) is 5.84 Å². The van der Waals surface area contributed by atoms with Crippen LogP contribution in [0.25, 0.3) is 0 Å². The number of nitrogens with one attached hydrogen (secondary N) is 1. The first-order valence-electron chi connectivity index (χ1n) is 5.12. The number of hydrogen-bond donors (Lipinski definition) is 2. The van der Waals surface area contributed by atoms with E-state index in [1.165, 1.54) is 16.0 Å². The summed E-state index contributed by atoms with van der Waals surface area (Å²) in [7, 11) is 0. The highest BCUT2D eigenvalue weighted by Crippen LogP contribution is 2.21. The van der Waals surface area contributed by atoms with Crippen molar-refractivity contribution in [2.24, 2.45) is 5.73 Å². The molecule has 3 heteroatoms. The van der Waals surface area contributed by atoms with E-state index in [9.17, 15) is 0 Å². The normalized spacial score (nSPS) is 10.3. The van der Waals surface area contributed by atoms with Crippen molar-refractivity contribution in [2.75, 3.05) is 5.75 Å². The Bertz CT molecular complexity index is 347. The predicted molar refractivity (Wildman–Crippen MR) is 67.8 cm³/mol. The van der Waals surface area contributed by atoms with Gasteiger partial charge in [0.1, 0.15) is 0 Å². The molecule has 0 heterocycles. The van der Waals surface area contributed by atoms with Crippen LogP contribution in [0.4, 0.5) is 0 Å². The van der Waals surface area contributed by atoms with Crippen molar-refractivity contribution in [2.45, 2.75) is 31.6 Å². The van der Waals surface area contributed by atoms with Gasteiger partial charge in [-0.05, 0) is 49.3 Å². The molecule has 1 aromatic carbocycles. The van der Waals surface area contributed by atoms with Gasteiger partial charge in [-0.15, -0.1) is 11.8 Å². The summed E-state index contributed by atoms with van der Waals surface area (Å²) in [4.78, 5) is 1.31. The first-order chi connectivity index (χ1) is 7.09. The van der Waals surface area contributed by atoms with Crippen LogP contribution in [0.5, 0.6) is 0 Å². The van der Waals surface area contributed by atoms with Crippen LogP contribution in [-0.2, 0) is 0 Å². The number of aryl methyl sites for hydroxylation is 2. The summed E-state index contributed by atoms with van der Waals surface area (Å²) in [5.74, 6) is 1.32. The molecule has 15 heavy (non-hydrogen) atoms. The van der Waals surface area contributed by atoms with E-state index in [-0.39, 0.29) is 5.84 Å². The van der Waals surface area contributed by atoms with Gasteiger partial charge in [0.25, 0.3) is 0 Å². The number of benzene rings is 1. The zero-order chi connectivity index (χ0) is 11.3. The van der Waals surface area contributed by atoms with E-state index < -0.39 is 0 Å². The van der Waals surface area contributed by atoms with E-state index in [0.717, 1.165) is 12.2 Å². The van der Waals surface area contributed by atoms with Crippen LogP contribution in [0.2, 0.25) is 0 Å². The molecule has 0 aliphatic heterocycles. The third-order valence-electron chi connectivity index (χ3n) is 2.34. The molecule has 0 radical (unpaired) electrons. The molecule has 2 nitrogen and oxygen atoms in total. The van der Waals surface area contributed by atoms with E-state index >= 15 is 0 Å². The second kappa shape index (κ2) is 5.81. The quantitative estimate of drug-likeness (QED) is 0.348. The summed E-state index contributed by atoms with van der Waals surface area (Å²) >= 11 is 1.83. The highest BCUT2D eigenvalue weighted by molar-refractivity contribution is 7.99.